The van der Waals surface area contributed by atoms with Gasteiger partial charge in [0.05, 0.1) is 12.2 Å². The maximum Gasteiger partial charge on any atom is 0.179 e. The second-order valence-electron chi connectivity index (χ2n) is 4.87. The number of hydrogen-bond acceptors (Lipinski definition) is 2. The molecular weight excluding hydrogens is 294 g/mol. The zero-order valence-electron chi connectivity index (χ0n) is 11.7. The van der Waals surface area contributed by atoms with Crippen LogP contribution in [0.5, 0.6) is 0 Å². The molecule has 0 aliphatic heterocycles. The molecule has 0 bridgehead atoms. The number of hydrogen-bond donors (Lipinski definition) is 1. The van der Waals surface area contributed by atoms with Gasteiger partial charge in [-0.15, -0.1) is 0 Å². The zero-order chi connectivity index (χ0) is 15.1. The van der Waals surface area contributed by atoms with Crippen LogP contribution in [0.2, 0.25) is 0 Å². The van der Waals surface area contributed by atoms with Crippen molar-refractivity contribution in [1.82, 2.24) is 19.3 Å². The number of H-pyrrole nitrogens is 1. The molecular formula is C14H14F2N4S. The molecule has 0 aliphatic carbocycles. The lowest BCUT2D eigenvalue weighted by atomic mass is 10.2. The predicted octanol–water partition coefficient (Wildman–Crippen LogP) is 3.32. The quantitative estimate of drug-likeness (QED) is 0.754. The van der Waals surface area contributed by atoms with E-state index in [0.717, 1.165) is 29.3 Å². The molecule has 0 aliphatic rings. The van der Waals surface area contributed by atoms with Crippen LogP contribution in [0.1, 0.15) is 18.2 Å². The number of aromatic amines is 1. The van der Waals surface area contributed by atoms with E-state index in [2.05, 4.69) is 10.1 Å². The lowest BCUT2D eigenvalue weighted by Crippen LogP contribution is -2.06. The highest BCUT2D eigenvalue weighted by atomic mass is 32.1. The topological polar surface area (TPSA) is 38.5 Å². The number of aromatic nitrogens is 4. The van der Waals surface area contributed by atoms with Gasteiger partial charge in [0.25, 0.3) is 0 Å². The van der Waals surface area contributed by atoms with Crippen molar-refractivity contribution >= 4 is 23.4 Å². The van der Waals surface area contributed by atoms with Gasteiger partial charge in [0.1, 0.15) is 17.2 Å². The fourth-order valence-electron chi connectivity index (χ4n) is 2.49. The molecule has 0 unspecified atom stereocenters. The Bertz CT molecular complexity index is 875. The Kier molecular flexibility index (Phi) is 3.36. The number of nitrogens with one attached hydrogen (secondary N) is 1. The summed E-state index contributed by atoms with van der Waals surface area (Å²) in [6, 6.07) is 3.55. The predicted molar refractivity (Wildman–Crippen MR) is 78.7 cm³/mol. The molecule has 21 heavy (non-hydrogen) atoms. The SMILES string of the molecule is CCc1nn(C)c2c1[nH]c(=S)n2Cc1ccc(F)cc1F. The number of imidazole rings is 1. The summed E-state index contributed by atoms with van der Waals surface area (Å²) < 4.78 is 30.8. The first-order valence-electron chi connectivity index (χ1n) is 6.59. The van der Waals surface area contributed by atoms with E-state index in [9.17, 15) is 8.78 Å². The van der Waals surface area contributed by atoms with E-state index < -0.39 is 11.6 Å². The standard InChI is InChI=1S/C14H14F2N4S/c1-3-11-12-13(19(2)18-11)20(14(21)17-12)7-8-4-5-9(15)6-10(8)16/h4-6H,3,7H2,1-2H3,(H,17,21). The number of aryl methyl sites for hydroxylation is 2. The average Bonchev–Trinajstić information content (AvgIpc) is 2.91. The number of fused-ring (bicyclic) bond motifs is 1. The van der Waals surface area contributed by atoms with Gasteiger partial charge in [-0.3, -0.25) is 9.25 Å². The third-order valence-corrected chi connectivity index (χ3v) is 3.82. The first-order valence-corrected chi connectivity index (χ1v) is 7.00. The van der Waals surface area contributed by atoms with Crippen LogP contribution in [-0.4, -0.2) is 19.3 Å². The molecule has 3 rings (SSSR count). The van der Waals surface area contributed by atoms with Crippen LogP contribution in [0.25, 0.3) is 11.2 Å². The van der Waals surface area contributed by atoms with Gasteiger partial charge in [-0.2, -0.15) is 5.10 Å². The van der Waals surface area contributed by atoms with Gasteiger partial charge >= 0.3 is 0 Å². The van der Waals surface area contributed by atoms with E-state index in [4.69, 9.17) is 12.2 Å². The fraction of sp³-hybridized carbons (Fsp3) is 0.286. The molecule has 2 aromatic heterocycles. The Morgan fingerprint density at radius 3 is 2.76 bits per heavy atom. The first-order chi connectivity index (χ1) is 10.0. The summed E-state index contributed by atoms with van der Waals surface area (Å²) in [6.07, 6.45) is 0.775. The summed E-state index contributed by atoms with van der Waals surface area (Å²) in [6.45, 7) is 2.24. The molecule has 3 aromatic rings. The molecule has 4 nitrogen and oxygen atoms in total. The second-order valence-corrected chi connectivity index (χ2v) is 5.26. The molecule has 0 saturated heterocycles. The Morgan fingerprint density at radius 2 is 2.10 bits per heavy atom. The van der Waals surface area contributed by atoms with Crippen LogP contribution in [0.4, 0.5) is 8.78 Å². The van der Waals surface area contributed by atoms with Crippen molar-refractivity contribution in [2.45, 2.75) is 19.9 Å². The van der Waals surface area contributed by atoms with E-state index in [1.807, 2.05) is 14.0 Å². The molecule has 0 amide bonds. The van der Waals surface area contributed by atoms with Crippen molar-refractivity contribution in [2.24, 2.45) is 7.05 Å². The van der Waals surface area contributed by atoms with E-state index in [1.54, 1.807) is 9.25 Å². The van der Waals surface area contributed by atoms with Crippen molar-refractivity contribution in [3.8, 4) is 0 Å². The largest absolute Gasteiger partial charge is 0.328 e. The van der Waals surface area contributed by atoms with E-state index in [1.165, 1.54) is 12.1 Å². The molecule has 0 spiro atoms. The van der Waals surface area contributed by atoms with Crippen molar-refractivity contribution in [3.05, 3.63) is 45.9 Å². The van der Waals surface area contributed by atoms with Gasteiger partial charge in [-0.1, -0.05) is 13.0 Å². The van der Waals surface area contributed by atoms with Crippen LogP contribution < -0.4 is 0 Å². The van der Waals surface area contributed by atoms with Crippen LogP contribution in [0.3, 0.4) is 0 Å². The molecule has 0 saturated carbocycles. The maximum atomic E-state index is 13.8. The van der Waals surface area contributed by atoms with Crippen LogP contribution in [0.15, 0.2) is 18.2 Å². The number of benzene rings is 1. The summed E-state index contributed by atoms with van der Waals surface area (Å²) in [7, 11) is 1.82. The average molecular weight is 308 g/mol. The molecule has 1 N–H and O–H groups in total. The lowest BCUT2D eigenvalue weighted by Gasteiger charge is -2.06. The minimum atomic E-state index is -0.590. The highest BCUT2D eigenvalue weighted by Gasteiger charge is 2.15. The van der Waals surface area contributed by atoms with E-state index >= 15 is 0 Å². The van der Waals surface area contributed by atoms with Crippen molar-refractivity contribution in [3.63, 3.8) is 0 Å². The van der Waals surface area contributed by atoms with Crippen molar-refractivity contribution < 1.29 is 8.78 Å². The summed E-state index contributed by atoms with van der Waals surface area (Å²) in [4.78, 5) is 3.12. The summed E-state index contributed by atoms with van der Waals surface area (Å²) >= 11 is 5.31. The molecule has 0 radical (unpaired) electrons. The Balaban J connectivity index is 2.14. The van der Waals surface area contributed by atoms with Crippen LogP contribution in [0, 0.1) is 16.4 Å². The van der Waals surface area contributed by atoms with Gasteiger partial charge in [0.2, 0.25) is 0 Å². The Hall–Kier alpha value is -2.02. The number of rotatable bonds is 3. The fourth-order valence-corrected chi connectivity index (χ4v) is 2.75. The highest BCUT2D eigenvalue weighted by molar-refractivity contribution is 7.71. The zero-order valence-corrected chi connectivity index (χ0v) is 12.5. The van der Waals surface area contributed by atoms with Gasteiger partial charge in [0.15, 0.2) is 10.4 Å². The molecule has 110 valence electrons. The summed E-state index contributed by atoms with van der Waals surface area (Å²) in [5, 5.41) is 4.41. The highest BCUT2D eigenvalue weighted by Crippen LogP contribution is 2.20. The van der Waals surface area contributed by atoms with Crippen LogP contribution in [-0.2, 0) is 20.0 Å². The second kappa shape index (κ2) is 5.07. The van der Waals surface area contributed by atoms with Gasteiger partial charge in [0, 0.05) is 18.7 Å². The van der Waals surface area contributed by atoms with E-state index in [0.29, 0.717) is 10.3 Å². The third-order valence-electron chi connectivity index (χ3n) is 3.50. The Morgan fingerprint density at radius 1 is 1.33 bits per heavy atom. The minimum Gasteiger partial charge on any atom is -0.328 e. The third kappa shape index (κ3) is 2.27. The van der Waals surface area contributed by atoms with Crippen molar-refractivity contribution in [2.75, 3.05) is 0 Å². The van der Waals surface area contributed by atoms with Crippen molar-refractivity contribution in [1.29, 1.82) is 0 Å². The van der Waals surface area contributed by atoms with Gasteiger partial charge in [-0.05, 0) is 24.7 Å². The normalized spacial score (nSPS) is 11.4. The molecule has 2 heterocycles. The lowest BCUT2D eigenvalue weighted by molar-refractivity contribution is 0.565. The van der Waals surface area contributed by atoms with Crippen LogP contribution >= 0.6 is 12.2 Å². The molecule has 1 aromatic carbocycles. The minimum absolute atomic E-state index is 0.230. The number of halogens is 2. The van der Waals surface area contributed by atoms with Gasteiger partial charge < -0.3 is 4.98 Å². The molecule has 0 atom stereocenters. The maximum absolute atomic E-state index is 13.8. The Labute approximate surface area is 125 Å². The summed E-state index contributed by atoms with van der Waals surface area (Å²) in [5.41, 5.74) is 2.97. The first kappa shape index (κ1) is 13.9. The molecule has 0 fully saturated rings. The monoisotopic (exact) mass is 308 g/mol. The smallest absolute Gasteiger partial charge is 0.179 e. The van der Waals surface area contributed by atoms with E-state index in [-0.39, 0.29) is 6.54 Å². The molecule has 7 heteroatoms. The summed E-state index contributed by atoms with van der Waals surface area (Å²) in [5.74, 6) is -1.17. The number of nitrogens with zero attached hydrogens (tertiary/aromatic N) is 3. The van der Waals surface area contributed by atoms with Gasteiger partial charge in [-0.25, -0.2) is 8.78 Å².